The summed E-state index contributed by atoms with van der Waals surface area (Å²) in [6.45, 7) is 1.72. The number of aromatic nitrogens is 1. The fourth-order valence-electron chi connectivity index (χ4n) is 2.70. The molecule has 0 unspecified atom stereocenters. The molecule has 0 saturated heterocycles. The molecule has 1 heterocycles. The number of nitrogens with one attached hydrogen (secondary N) is 1. The molecule has 1 N–H and O–H groups in total. The van der Waals surface area contributed by atoms with E-state index in [9.17, 15) is 4.79 Å². The number of pyridine rings is 1. The van der Waals surface area contributed by atoms with E-state index in [1.807, 2.05) is 0 Å². The minimum absolute atomic E-state index is 0.357. The number of ether oxygens (including phenoxy) is 1. The van der Waals surface area contributed by atoms with Crippen molar-refractivity contribution in [1.82, 2.24) is 9.88 Å². The molecule has 0 atom stereocenters. The largest absolute Gasteiger partial charge is 0.465 e. The highest BCUT2D eigenvalue weighted by molar-refractivity contribution is 5.94. The van der Waals surface area contributed by atoms with Crippen molar-refractivity contribution >= 4 is 11.8 Å². The number of esters is 1. The van der Waals surface area contributed by atoms with Crippen LogP contribution in [0.2, 0.25) is 0 Å². The van der Waals surface area contributed by atoms with Gasteiger partial charge in [0.05, 0.1) is 7.11 Å². The van der Waals surface area contributed by atoms with Gasteiger partial charge in [0.2, 0.25) is 0 Å². The summed E-state index contributed by atoms with van der Waals surface area (Å²) in [5, 5.41) is 3.23. The Bertz CT molecular complexity index is 444. The van der Waals surface area contributed by atoms with Gasteiger partial charge in [0.25, 0.3) is 0 Å². The molecule has 0 bridgehead atoms. The number of hydrogen-bond acceptors (Lipinski definition) is 5. The molecule has 1 aromatic rings. The van der Waals surface area contributed by atoms with Crippen LogP contribution in [-0.2, 0) is 4.74 Å². The van der Waals surface area contributed by atoms with Crippen LogP contribution < -0.4 is 5.32 Å². The maximum absolute atomic E-state index is 11.6. The molecule has 1 saturated carbocycles. The molecule has 5 heteroatoms. The van der Waals surface area contributed by atoms with Crippen molar-refractivity contribution in [3.8, 4) is 0 Å². The molecule has 0 aliphatic heterocycles. The van der Waals surface area contributed by atoms with Crippen LogP contribution in [0.4, 0.5) is 5.82 Å². The second kappa shape index (κ2) is 7.24. The average Bonchev–Trinajstić information content (AvgIpc) is 3.01. The fraction of sp³-hybridized carbons (Fsp3) is 0.600. The van der Waals surface area contributed by atoms with Crippen molar-refractivity contribution in [2.75, 3.05) is 32.6 Å². The first-order chi connectivity index (χ1) is 9.72. The number of carbonyl (C=O) groups is 1. The Kier molecular flexibility index (Phi) is 5.35. The molecule has 0 amide bonds. The first kappa shape index (κ1) is 14.8. The van der Waals surface area contributed by atoms with E-state index in [1.54, 1.807) is 18.3 Å². The zero-order valence-electron chi connectivity index (χ0n) is 12.3. The van der Waals surface area contributed by atoms with Crippen molar-refractivity contribution in [3.05, 3.63) is 23.9 Å². The molecule has 1 aliphatic rings. The molecular weight excluding hydrogens is 254 g/mol. The monoisotopic (exact) mass is 277 g/mol. The third kappa shape index (κ3) is 3.70. The quantitative estimate of drug-likeness (QED) is 0.808. The van der Waals surface area contributed by atoms with Crippen molar-refractivity contribution in [3.63, 3.8) is 0 Å². The van der Waals surface area contributed by atoms with E-state index in [2.05, 4.69) is 22.2 Å². The zero-order valence-corrected chi connectivity index (χ0v) is 12.3. The van der Waals surface area contributed by atoms with Crippen molar-refractivity contribution < 1.29 is 9.53 Å². The lowest BCUT2D eigenvalue weighted by Gasteiger charge is -2.24. The summed E-state index contributed by atoms with van der Waals surface area (Å²) in [7, 11) is 3.55. The van der Waals surface area contributed by atoms with E-state index in [4.69, 9.17) is 4.74 Å². The smallest absolute Gasteiger partial charge is 0.341 e. The highest BCUT2D eigenvalue weighted by Gasteiger charge is 2.19. The maximum Gasteiger partial charge on any atom is 0.341 e. The molecule has 0 radical (unpaired) electrons. The van der Waals surface area contributed by atoms with Crippen LogP contribution in [0, 0.1) is 0 Å². The lowest BCUT2D eigenvalue weighted by molar-refractivity contribution is 0.0601. The summed E-state index contributed by atoms with van der Waals surface area (Å²) in [5.74, 6) is 0.240. The Hall–Kier alpha value is -1.62. The third-order valence-corrected chi connectivity index (χ3v) is 3.92. The second-order valence-electron chi connectivity index (χ2n) is 5.24. The first-order valence-electron chi connectivity index (χ1n) is 7.20. The van der Waals surface area contributed by atoms with Crippen LogP contribution in [0.3, 0.4) is 0 Å². The van der Waals surface area contributed by atoms with Gasteiger partial charge in [-0.15, -0.1) is 0 Å². The number of hydrogen-bond donors (Lipinski definition) is 1. The lowest BCUT2D eigenvalue weighted by Crippen LogP contribution is -2.33. The van der Waals surface area contributed by atoms with Gasteiger partial charge in [-0.2, -0.15) is 0 Å². The van der Waals surface area contributed by atoms with Crippen LogP contribution in [0.15, 0.2) is 18.3 Å². The van der Waals surface area contributed by atoms with Gasteiger partial charge in [-0.3, -0.25) is 0 Å². The van der Waals surface area contributed by atoms with Crippen molar-refractivity contribution in [2.24, 2.45) is 0 Å². The van der Waals surface area contributed by atoms with Crippen molar-refractivity contribution in [2.45, 2.75) is 31.7 Å². The molecule has 1 aromatic heterocycles. The van der Waals surface area contributed by atoms with Gasteiger partial charge in [-0.25, -0.2) is 9.78 Å². The summed E-state index contributed by atoms with van der Waals surface area (Å²) < 4.78 is 4.76. The van der Waals surface area contributed by atoms with Gasteiger partial charge < -0.3 is 15.0 Å². The number of carbonyl (C=O) groups excluding carboxylic acids is 1. The number of anilines is 1. The van der Waals surface area contributed by atoms with E-state index in [1.165, 1.54) is 32.8 Å². The molecule has 0 spiro atoms. The van der Waals surface area contributed by atoms with Gasteiger partial charge in [-0.1, -0.05) is 12.8 Å². The van der Waals surface area contributed by atoms with E-state index in [0.29, 0.717) is 17.4 Å². The topological polar surface area (TPSA) is 54.5 Å². The van der Waals surface area contributed by atoms with Gasteiger partial charge in [0.1, 0.15) is 11.4 Å². The molecular formula is C15H23N3O2. The molecule has 5 nitrogen and oxygen atoms in total. The number of methoxy groups -OCH3 is 1. The molecule has 20 heavy (non-hydrogen) atoms. The van der Waals surface area contributed by atoms with Gasteiger partial charge in [0, 0.05) is 25.3 Å². The maximum atomic E-state index is 11.6. The highest BCUT2D eigenvalue weighted by Crippen LogP contribution is 2.22. The Balaban J connectivity index is 1.86. The molecule has 1 fully saturated rings. The summed E-state index contributed by atoms with van der Waals surface area (Å²) in [4.78, 5) is 18.2. The third-order valence-electron chi connectivity index (χ3n) is 3.92. The number of likely N-dealkylation sites (N-methyl/N-ethyl adjacent to an activating group) is 1. The minimum atomic E-state index is -0.357. The SMILES string of the molecule is COC(=O)c1cccnc1NCCN(C)C1CCCC1. The first-order valence-corrected chi connectivity index (χ1v) is 7.20. The second-order valence-corrected chi connectivity index (χ2v) is 5.24. The minimum Gasteiger partial charge on any atom is -0.465 e. The molecule has 110 valence electrons. The number of rotatable bonds is 6. The van der Waals surface area contributed by atoms with Crippen LogP contribution in [0.25, 0.3) is 0 Å². The fourth-order valence-corrected chi connectivity index (χ4v) is 2.70. The highest BCUT2D eigenvalue weighted by atomic mass is 16.5. The Morgan fingerprint density at radius 3 is 2.95 bits per heavy atom. The van der Waals surface area contributed by atoms with Crippen molar-refractivity contribution in [1.29, 1.82) is 0 Å². The van der Waals surface area contributed by atoms with Gasteiger partial charge in [-0.05, 0) is 32.0 Å². The molecule has 2 rings (SSSR count). The summed E-state index contributed by atoms with van der Waals surface area (Å²) in [6.07, 6.45) is 6.96. The van der Waals surface area contributed by atoms with E-state index < -0.39 is 0 Å². The van der Waals surface area contributed by atoms with E-state index >= 15 is 0 Å². The zero-order chi connectivity index (χ0) is 14.4. The van der Waals surface area contributed by atoms with Crippen LogP contribution >= 0.6 is 0 Å². The average molecular weight is 277 g/mol. The predicted octanol–water partition coefficient (Wildman–Crippen LogP) is 2.15. The van der Waals surface area contributed by atoms with Crippen LogP contribution in [-0.4, -0.2) is 49.1 Å². The van der Waals surface area contributed by atoms with E-state index in [0.717, 1.165) is 13.1 Å². The molecule has 0 aromatic carbocycles. The van der Waals surface area contributed by atoms with Crippen LogP contribution in [0.5, 0.6) is 0 Å². The summed E-state index contributed by atoms with van der Waals surface area (Å²) in [5.41, 5.74) is 0.485. The Labute approximate surface area is 120 Å². The summed E-state index contributed by atoms with van der Waals surface area (Å²) in [6, 6.07) is 4.17. The van der Waals surface area contributed by atoms with Gasteiger partial charge >= 0.3 is 5.97 Å². The summed E-state index contributed by atoms with van der Waals surface area (Å²) >= 11 is 0. The van der Waals surface area contributed by atoms with Crippen LogP contribution in [0.1, 0.15) is 36.0 Å². The normalized spacial score (nSPS) is 15.6. The lowest BCUT2D eigenvalue weighted by atomic mass is 10.2. The Morgan fingerprint density at radius 2 is 2.25 bits per heavy atom. The molecule has 1 aliphatic carbocycles. The van der Waals surface area contributed by atoms with E-state index in [-0.39, 0.29) is 5.97 Å². The predicted molar refractivity (Wildman–Crippen MR) is 79.0 cm³/mol. The Morgan fingerprint density at radius 1 is 1.50 bits per heavy atom. The number of nitrogens with zero attached hydrogens (tertiary/aromatic N) is 2. The standard InChI is InChI=1S/C15H23N3O2/c1-18(12-6-3-4-7-12)11-10-17-14-13(15(19)20-2)8-5-9-16-14/h5,8-9,12H,3-4,6-7,10-11H2,1-2H3,(H,16,17). The van der Waals surface area contributed by atoms with Gasteiger partial charge in [0.15, 0.2) is 0 Å².